The van der Waals surface area contributed by atoms with Crippen LogP contribution in [0.3, 0.4) is 0 Å². The zero-order chi connectivity index (χ0) is 48.2. The largest absolute Gasteiger partial charge is 0.481 e. The summed E-state index contributed by atoms with van der Waals surface area (Å²) in [4.78, 5) is 46.9. The summed E-state index contributed by atoms with van der Waals surface area (Å²) in [5.41, 5.74) is 6.16. The Morgan fingerprint density at radius 3 is 1.86 bits per heavy atom. The molecule has 0 saturated heterocycles. The molecule has 6 atom stereocenters. The molecule has 65 heavy (non-hydrogen) atoms. The summed E-state index contributed by atoms with van der Waals surface area (Å²) in [6.07, 6.45) is 39.3. The number of nitrogens with two attached hydrogens (primary N) is 1. The Kier molecular flexibility index (Phi) is 42.2. The molecule has 0 amide bonds. The number of thioether (sulfide) groups is 1. The molecule has 14 nitrogen and oxygen atoms in total. The summed E-state index contributed by atoms with van der Waals surface area (Å²) >= 11 is 1.19. The number of carboxylic acids is 1. The van der Waals surface area contributed by atoms with Crippen molar-refractivity contribution in [3.8, 4) is 0 Å². The van der Waals surface area contributed by atoms with Gasteiger partial charge in [-0.1, -0.05) is 152 Å². The third-order valence-electron chi connectivity index (χ3n) is 10.1. The maximum Gasteiger partial charge on any atom is 0.472 e. The first-order valence-electron chi connectivity index (χ1n) is 24.2. The summed E-state index contributed by atoms with van der Waals surface area (Å²) in [6, 6.07) is -1.17. The summed E-state index contributed by atoms with van der Waals surface area (Å²) in [5.74, 6) is -2.42. The number of esters is 2. The fourth-order valence-corrected chi connectivity index (χ4v) is 8.17. The fourth-order valence-electron chi connectivity index (χ4n) is 6.25. The Bertz CT molecular complexity index is 1390. The molecule has 0 aromatic rings. The molecule has 0 saturated carbocycles. The highest BCUT2D eigenvalue weighted by molar-refractivity contribution is 8.00. The van der Waals surface area contributed by atoms with E-state index in [0.29, 0.717) is 6.42 Å². The first kappa shape index (κ1) is 62.4. The number of aliphatic hydroxyl groups excluding tert-OH is 3. The van der Waals surface area contributed by atoms with Gasteiger partial charge in [-0.15, -0.1) is 11.8 Å². The quantitative estimate of drug-likeness (QED) is 0.0110. The molecule has 0 aliphatic rings. The third-order valence-corrected chi connectivity index (χ3v) is 12.5. The minimum Gasteiger partial charge on any atom is -0.481 e. The van der Waals surface area contributed by atoms with Crippen molar-refractivity contribution < 1.29 is 62.8 Å². The van der Waals surface area contributed by atoms with Crippen molar-refractivity contribution in [3.05, 3.63) is 60.8 Å². The molecule has 7 N–H and O–H groups in total. The van der Waals surface area contributed by atoms with Crippen LogP contribution in [0.4, 0.5) is 0 Å². The predicted octanol–water partition coefficient (Wildman–Crippen LogP) is 9.99. The number of rotatable bonds is 45. The van der Waals surface area contributed by atoms with E-state index in [9.17, 15) is 34.1 Å². The van der Waals surface area contributed by atoms with Gasteiger partial charge in [0.2, 0.25) is 0 Å². The highest BCUT2D eigenvalue weighted by Gasteiger charge is 2.28. The van der Waals surface area contributed by atoms with E-state index in [4.69, 9.17) is 34.5 Å². The van der Waals surface area contributed by atoms with Crippen LogP contribution in [0.5, 0.6) is 0 Å². The van der Waals surface area contributed by atoms with Gasteiger partial charge in [0.05, 0.1) is 25.9 Å². The van der Waals surface area contributed by atoms with Gasteiger partial charge in [-0.25, -0.2) is 4.57 Å². The minimum absolute atomic E-state index is 0.0161. The minimum atomic E-state index is -4.76. The summed E-state index contributed by atoms with van der Waals surface area (Å²) < 4.78 is 32.9. The Labute approximate surface area is 395 Å². The van der Waals surface area contributed by atoms with Gasteiger partial charge in [0, 0.05) is 23.8 Å². The maximum atomic E-state index is 13.0. The number of carboxylic acid groups (broad SMARTS) is 1. The normalized spacial score (nSPS) is 15.6. The smallest absolute Gasteiger partial charge is 0.472 e. The highest BCUT2D eigenvalue weighted by atomic mass is 32.2. The van der Waals surface area contributed by atoms with Crippen molar-refractivity contribution in [3.63, 3.8) is 0 Å². The van der Waals surface area contributed by atoms with E-state index in [1.54, 1.807) is 18.2 Å². The molecule has 0 heterocycles. The Balaban J connectivity index is 5.11. The molecule has 1 unspecified atom stereocenters. The van der Waals surface area contributed by atoms with E-state index in [-0.39, 0.29) is 31.4 Å². The molecule has 0 spiro atoms. The lowest BCUT2D eigenvalue weighted by atomic mass is 10.1. The molecule has 0 bridgehead atoms. The zero-order valence-electron chi connectivity index (χ0n) is 39.6. The van der Waals surface area contributed by atoms with E-state index >= 15 is 0 Å². The summed E-state index contributed by atoms with van der Waals surface area (Å²) in [7, 11) is -4.76. The molecule has 0 fully saturated rings. The van der Waals surface area contributed by atoms with Crippen LogP contribution in [0.1, 0.15) is 168 Å². The lowest BCUT2D eigenvalue weighted by Gasteiger charge is -2.22. The Hall–Kier alpha value is -2.59. The molecule has 0 aliphatic carbocycles. The van der Waals surface area contributed by atoms with Crippen molar-refractivity contribution in [2.75, 3.05) is 32.2 Å². The van der Waals surface area contributed by atoms with Crippen LogP contribution in [0.25, 0.3) is 0 Å². The number of aliphatic carboxylic acids is 1. The number of hydrogen-bond acceptors (Lipinski definition) is 13. The molecule has 0 aliphatic heterocycles. The molecule has 0 rings (SSSR count). The van der Waals surface area contributed by atoms with E-state index < -0.39 is 81.8 Å². The van der Waals surface area contributed by atoms with Crippen molar-refractivity contribution in [1.29, 1.82) is 0 Å². The lowest BCUT2D eigenvalue weighted by molar-refractivity contribution is -0.161. The highest BCUT2D eigenvalue weighted by Crippen LogP contribution is 2.43. The number of hydrogen-bond donors (Lipinski definition) is 6. The summed E-state index contributed by atoms with van der Waals surface area (Å²) in [5, 5.41) is 37.9. The second-order valence-electron chi connectivity index (χ2n) is 16.3. The van der Waals surface area contributed by atoms with Crippen LogP contribution in [-0.4, -0.2) is 105 Å². The van der Waals surface area contributed by atoms with Crippen LogP contribution >= 0.6 is 19.6 Å². The second kappa shape index (κ2) is 43.9. The van der Waals surface area contributed by atoms with E-state index in [1.807, 2.05) is 18.2 Å². The Morgan fingerprint density at radius 1 is 0.677 bits per heavy atom. The van der Waals surface area contributed by atoms with Crippen molar-refractivity contribution >= 4 is 37.5 Å². The number of aliphatic hydroxyl groups is 3. The van der Waals surface area contributed by atoms with Gasteiger partial charge in [-0.05, 0) is 64.2 Å². The van der Waals surface area contributed by atoms with Crippen LogP contribution in [0, 0.1) is 0 Å². The van der Waals surface area contributed by atoms with Crippen LogP contribution in [0.2, 0.25) is 0 Å². The standard InChI is InChI=1S/C49H86NO13PS/c1-3-5-7-9-11-13-15-17-18-19-20-21-23-25-27-29-31-36-48(56)63-43(40-62-64(58,59)61-38-42(52)37-51)39-60-49(57)44(50)41-65-46(45(53)33-32-35-47(54)55)34-30-28-26-24-22-16-14-12-10-8-6-4-2/h12,14,17-18,22,24,26,28,30,34,42-46,51-53H,3-11,13,15-16,19-21,23,25,27,29,31-33,35-41,50H2,1-2H3,(H,54,55)(H,58,59)/b14-12-,18-17-,24-22-,28-26+,34-30+/t42-,43+,44-,45-,46+/m0/s1. The van der Waals surface area contributed by atoms with Crippen LogP contribution < -0.4 is 5.73 Å². The second-order valence-corrected chi connectivity index (χ2v) is 19.0. The molecule has 0 radical (unpaired) electrons. The fraction of sp³-hybridized carbons (Fsp3) is 0.735. The number of carbonyl (C=O) groups excluding carboxylic acids is 2. The number of allylic oxidation sites excluding steroid dienone is 9. The van der Waals surface area contributed by atoms with Crippen LogP contribution in [-0.2, 0) is 37.5 Å². The van der Waals surface area contributed by atoms with E-state index in [0.717, 1.165) is 64.2 Å². The van der Waals surface area contributed by atoms with Gasteiger partial charge >= 0.3 is 25.7 Å². The molecule has 16 heteroatoms. The van der Waals surface area contributed by atoms with Crippen molar-refractivity contribution in [1.82, 2.24) is 0 Å². The van der Waals surface area contributed by atoms with E-state index in [1.165, 1.54) is 69.5 Å². The molecule has 0 aromatic carbocycles. The first-order chi connectivity index (χ1) is 31.3. The van der Waals surface area contributed by atoms with E-state index in [2.05, 4.69) is 38.2 Å². The predicted molar refractivity (Wildman–Crippen MR) is 261 cm³/mol. The number of carbonyl (C=O) groups is 3. The first-order valence-corrected chi connectivity index (χ1v) is 26.7. The van der Waals surface area contributed by atoms with Crippen molar-refractivity contribution in [2.45, 2.75) is 198 Å². The average molecular weight is 960 g/mol. The molecular formula is C49H86NO13PS. The summed E-state index contributed by atoms with van der Waals surface area (Å²) in [6.45, 7) is 1.77. The lowest BCUT2D eigenvalue weighted by Crippen LogP contribution is -2.38. The maximum absolute atomic E-state index is 13.0. The van der Waals surface area contributed by atoms with Gasteiger partial charge in [-0.3, -0.25) is 23.4 Å². The van der Waals surface area contributed by atoms with Gasteiger partial charge in [0.1, 0.15) is 18.8 Å². The third kappa shape index (κ3) is 41.3. The average Bonchev–Trinajstić information content (AvgIpc) is 3.28. The monoisotopic (exact) mass is 960 g/mol. The molecular weight excluding hydrogens is 874 g/mol. The van der Waals surface area contributed by atoms with Gasteiger partial charge in [0.25, 0.3) is 0 Å². The van der Waals surface area contributed by atoms with Gasteiger partial charge in [0.15, 0.2) is 6.10 Å². The SMILES string of the molecule is CCCCC/C=C\C\C=C/C=C/C=C/[C@@H](SC[C@H](N)C(=O)OC[C@H](COP(=O)(O)OC[C@@H](O)CO)OC(=O)CCCCCCCCC/C=C\CCCCCCCC)[C@@H](O)CCCC(=O)O. The molecule has 0 aromatic heterocycles. The number of ether oxygens (including phenoxy) is 2. The van der Waals surface area contributed by atoms with Crippen molar-refractivity contribution in [2.24, 2.45) is 5.73 Å². The zero-order valence-corrected chi connectivity index (χ0v) is 41.3. The van der Waals surface area contributed by atoms with Gasteiger partial charge < -0.3 is 40.5 Å². The van der Waals surface area contributed by atoms with Gasteiger partial charge in [-0.2, -0.15) is 0 Å². The number of unbranched alkanes of at least 4 members (excludes halogenated alkanes) is 16. The molecule has 376 valence electrons. The van der Waals surface area contributed by atoms with Crippen LogP contribution in [0.15, 0.2) is 60.8 Å². The Morgan fingerprint density at radius 2 is 1.23 bits per heavy atom. The number of phosphoric ester groups is 1. The number of phosphoric acid groups is 1. The topological polar surface area (TPSA) is 232 Å².